The zero-order valence-electron chi connectivity index (χ0n) is 18.0. The van der Waals surface area contributed by atoms with E-state index < -0.39 is 22.0 Å². The number of halogens is 1. The fourth-order valence-electron chi connectivity index (χ4n) is 2.97. The fraction of sp³-hybridized carbons (Fsp3) is 0.217. The van der Waals surface area contributed by atoms with Gasteiger partial charge < -0.3 is 15.1 Å². The second-order valence-electron chi connectivity index (χ2n) is 7.65. The molecule has 2 amide bonds. The topological polar surface area (TPSA) is 118 Å². The van der Waals surface area contributed by atoms with Crippen LogP contribution in [0.3, 0.4) is 0 Å². The highest BCUT2D eigenvalue weighted by molar-refractivity contribution is 7.89. The van der Waals surface area contributed by atoms with Crippen molar-refractivity contribution < 1.29 is 22.4 Å². The van der Waals surface area contributed by atoms with E-state index in [1.165, 1.54) is 24.5 Å². The summed E-state index contributed by atoms with van der Waals surface area (Å²) in [7, 11) is -3.93. The molecule has 3 aromatic rings. The molecule has 0 aliphatic heterocycles. The summed E-state index contributed by atoms with van der Waals surface area (Å²) in [6.07, 6.45) is 1.42. The molecule has 1 aromatic heterocycles. The Balaban J connectivity index is 1.60. The Morgan fingerprint density at radius 1 is 1.03 bits per heavy atom. The van der Waals surface area contributed by atoms with Crippen LogP contribution in [0.4, 0.5) is 5.69 Å². The van der Waals surface area contributed by atoms with Crippen molar-refractivity contribution in [3.63, 3.8) is 0 Å². The van der Waals surface area contributed by atoms with E-state index in [1.54, 1.807) is 56.3 Å². The van der Waals surface area contributed by atoms with Crippen molar-refractivity contribution in [3.05, 3.63) is 83.3 Å². The first-order valence-corrected chi connectivity index (χ1v) is 12.0. The third-order valence-electron chi connectivity index (χ3n) is 4.76. The predicted molar refractivity (Wildman–Crippen MR) is 125 cm³/mol. The van der Waals surface area contributed by atoms with Gasteiger partial charge in [-0.05, 0) is 53.9 Å². The molecule has 0 fully saturated rings. The van der Waals surface area contributed by atoms with Crippen molar-refractivity contribution >= 4 is 39.1 Å². The molecule has 8 nitrogen and oxygen atoms in total. The Hall–Kier alpha value is -3.14. The molecule has 0 aliphatic carbocycles. The average Bonchev–Trinajstić information content (AvgIpc) is 3.32. The second kappa shape index (κ2) is 10.7. The molecule has 174 valence electrons. The Labute approximate surface area is 197 Å². The van der Waals surface area contributed by atoms with Crippen LogP contribution < -0.4 is 15.4 Å². The first kappa shape index (κ1) is 24.5. The molecule has 0 radical (unpaired) electrons. The molecule has 3 rings (SSSR count). The molecule has 0 aliphatic rings. The minimum absolute atomic E-state index is 0.0133. The van der Waals surface area contributed by atoms with Gasteiger partial charge in [-0.2, -0.15) is 4.72 Å². The van der Waals surface area contributed by atoms with E-state index >= 15 is 0 Å². The highest BCUT2D eigenvalue weighted by Gasteiger charge is 2.28. The minimum atomic E-state index is -3.93. The lowest BCUT2D eigenvalue weighted by atomic mass is 10.0. The van der Waals surface area contributed by atoms with Crippen molar-refractivity contribution in [3.8, 4) is 0 Å². The zero-order chi connectivity index (χ0) is 24.0. The van der Waals surface area contributed by atoms with Crippen LogP contribution in [0.1, 0.15) is 30.0 Å². The Bertz CT molecular complexity index is 1210. The maximum Gasteiger partial charge on any atom is 0.291 e. The van der Waals surface area contributed by atoms with Crippen LogP contribution in [0, 0.1) is 5.92 Å². The third kappa shape index (κ3) is 6.67. The number of furan rings is 1. The highest BCUT2D eigenvalue weighted by Crippen LogP contribution is 2.17. The normalized spacial score (nSPS) is 12.4. The number of carbonyl (C=O) groups excluding carboxylic acids is 2. The number of nitrogens with one attached hydrogen (secondary N) is 3. The van der Waals surface area contributed by atoms with Crippen molar-refractivity contribution in [2.45, 2.75) is 31.3 Å². The summed E-state index contributed by atoms with van der Waals surface area (Å²) in [5, 5.41) is 5.75. The van der Waals surface area contributed by atoms with Gasteiger partial charge in [-0.1, -0.05) is 43.6 Å². The summed E-state index contributed by atoms with van der Waals surface area (Å²) in [5.74, 6) is -0.914. The Morgan fingerprint density at radius 3 is 2.36 bits per heavy atom. The summed E-state index contributed by atoms with van der Waals surface area (Å²) < 4.78 is 32.9. The third-order valence-corrected chi connectivity index (χ3v) is 6.44. The first-order chi connectivity index (χ1) is 15.7. The molecule has 0 bridgehead atoms. The van der Waals surface area contributed by atoms with Crippen LogP contribution in [0.2, 0.25) is 5.02 Å². The van der Waals surface area contributed by atoms with Gasteiger partial charge in [0, 0.05) is 17.3 Å². The van der Waals surface area contributed by atoms with Gasteiger partial charge in [0.15, 0.2) is 5.76 Å². The molecule has 10 heteroatoms. The Kier molecular flexibility index (Phi) is 7.91. The monoisotopic (exact) mass is 489 g/mol. The standard InChI is InChI=1S/C23H24ClN3O5S/c1-15(2)21(27-33(30,31)19-6-3-5-17(24)13-19)23(29)25-14-16-8-10-18(11-9-16)26-22(28)20-7-4-12-32-20/h3-13,15,21,27H,14H2,1-2H3,(H,25,29)(H,26,28)/t21-/m0/s1. The number of benzene rings is 2. The molecule has 3 N–H and O–H groups in total. The quantitative estimate of drug-likeness (QED) is 0.422. The first-order valence-electron chi connectivity index (χ1n) is 10.1. The fourth-order valence-corrected chi connectivity index (χ4v) is 4.61. The van der Waals surface area contributed by atoms with Gasteiger partial charge in [-0.25, -0.2) is 8.42 Å². The smallest absolute Gasteiger partial charge is 0.291 e. The largest absolute Gasteiger partial charge is 0.459 e. The van der Waals surface area contributed by atoms with E-state index in [1.807, 2.05) is 0 Å². The summed E-state index contributed by atoms with van der Waals surface area (Å²) >= 11 is 5.90. The molecule has 0 spiro atoms. The van der Waals surface area contributed by atoms with E-state index in [0.29, 0.717) is 5.69 Å². The van der Waals surface area contributed by atoms with Crippen LogP contribution in [-0.4, -0.2) is 26.3 Å². The van der Waals surface area contributed by atoms with Crippen LogP contribution >= 0.6 is 11.6 Å². The van der Waals surface area contributed by atoms with E-state index in [0.717, 1.165) is 5.56 Å². The van der Waals surface area contributed by atoms with Crippen LogP contribution in [-0.2, 0) is 21.4 Å². The van der Waals surface area contributed by atoms with Crippen LogP contribution in [0.15, 0.2) is 76.2 Å². The summed E-state index contributed by atoms with van der Waals surface area (Å²) in [4.78, 5) is 24.8. The van der Waals surface area contributed by atoms with Crippen LogP contribution in [0.5, 0.6) is 0 Å². The van der Waals surface area contributed by atoms with Gasteiger partial charge in [0.1, 0.15) is 6.04 Å². The number of hydrogen-bond donors (Lipinski definition) is 3. The molecule has 0 unspecified atom stereocenters. The molecule has 1 heterocycles. The maximum absolute atomic E-state index is 12.7. The van der Waals surface area contributed by atoms with Gasteiger partial charge in [-0.15, -0.1) is 0 Å². The summed E-state index contributed by atoms with van der Waals surface area (Å²) in [6.45, 7) is 3.69. The molecule has 0 saturated carbocycles. The number of hydrogen-bond acceptors (Lipinski definition) is 5. The molecular weight excluding hydrogens is 466 g/mol. The minimum Gasteiger partial charge on any atom is -0.459 e. The molecule has 2 aromatic carbocycles. The van der Waals surface area contributed by atoms with Crippen molar-refractivity contribution in [1.82, 2.24) is 10.0 Å². The second-order valence-corrected chi connectivity index (χ2v) is 9.80. The number of amides is 2. The van der Waals surface area contributed by atoms with Crippen molar-refractivity contribution in [2.75, 3.05) is 5.32 Å². The van der Waals surface area contributed by atoms with Crippen molar-refractivity contribution in [1.29, 1.82) is 0 Å². The Morgan fingerprint density at radius 2 is 1.76 bits per heavy atom. The number of sulfonamides is 1. The predicted octanol–water partition coefficient (Wildman–Crippen LogP) is 3.80. The molecule has 0 saturated heterocycles. The summed E-state index contributed by atoms with van der Waals surface area (Å²) in [6, 6.07) is 14.9. The van der Waals surface area contributed by atoms with Gasteiger partial charge in [-0.3, -0.25) is 9.59 Å². The molecule has 1 atom stereocenters. The summed E-state index contributed by atoms with van der Waals surface area (Å²) in [5.41, 5.74) is 1.35. The molecule has 33 heavy (non-hydrogen) atoms. The number of anilines is 1. The van der Waals surface area contributed by atoms with E-state index in [2.05, 4.69) is 15.4 Å². The average molecular weight is 490 g/mol. The maximum atomic E-state index is 12.7. The SMILES string of the molecule is CC(C)[C@H](NS(=O)(=O)c1cccc(Cl)c1)C(=O)NCc1ccc(NC(=O)c2ccco2)cc1. The van der Waals surface area contributed by atoms with Gasteiger partial charge in [0.2, 0.25) is 15.9 Å². The van der Waals surface area contributed by atoms with E-state index in [9.17, 15) is 18.0 Å². The van der Waals surface area contributed by atoms with E-state index in [4.69, 9.17) is 16.0 Å². The zero-order valence-corrected chi connectivity index (χ0v) is 19.6. The van der Waals surface area contributed by atoms with E-state index in [-0.39, 0.29) is 34.0 Å². The van der Waals surface area contributed by atoms with Gasteiger partial charge in [0.05, 0.1) is 11.2 Å². The van der Waals surface area contributed by atoms with Gasteiger partial charge in [0.25, 0.3) is 5.91 Å². The lowest BCUT2D eigenvalue weighted by Crippen LogP contribution is -2.49. The molecular formula is C23H24ClN3O5S. The lowest BCUT2D eigenvalue weighted by molar-refractivity contribution is -0.123. The highest BCUT2D eigenvalue weighted by atomic mass is 35.5. The van der Waals surface area contributed by atoms with Crippen molar-refractivity contribution in [2.24, 2.45) is 5.92 Å². The number of rotatable bonds is 9. The van der Waals surface area contributed by atoms with Crippen LogP contribution in [0.25, 0.3) is 0 Å². The number of carbonyl (C=O) groups is 2. The van der Waals surface area contributed by atoms with Gasteiger partial charge >= 0.3 is 0 Å². The lowest BCUT2D eigenvalue weighted by Gasteiger charge is -2.22.